The van der Waals surface area contributed by atoms with Crippen LogP contribution in [0.25, 0.3) is 6.08 Å². The molecule has 5 rings (SSSR count). The van der Waals surface area contributed by atoms with Crippen LogP contribution >= 0.6 is 0 Å². The van der Waals surface area contributed by atoms with Gasteiger partial charge in [0, 0.05) is 23.9 Å². The van der Waals surface area contributed by atoms with Crippen molar-refractivity contribution in [3.8, 4) is 5.75 Å². The topological polar surface area (TPSA) is 55.6 Å². The summed E-state index contributed by atoms with van der Waals surface area (Å²) in [7, 11) is 0. The van der Waals surface area contributed by atoms with Crippen LogP contribution in [0, 0.1) is 10.1 Å². The zero-order valence-electron chi connectivity index (χ0n) is 14.9. The first-order chi connectivity index (χ1) is 12.4. The summed E-state index contributed by atoms with van der Waals surface area (Å²) in [6.45, 7) is 5.35. The molecule has 2 aromatic rings. The van der Waals surface area contributed by atoms with Crippen LogP contribution in [-0.4, -0.2) is 17.2 Å². The van der Waals surface area contributed by atoms with E-state index in [9.17, 15) is 10.1 Å². The van der Waals surface area contributed by atoms with Crippen molar-refractivity contribution in [3.63, 3.8) is 0 Å². The lowest BCUT2D eigenvalue weighted by Gasteiger charge is -2.53. The molecule has 1 unspecified atom stereocenters. The van der Waals surface area contributed by atoms with Crippen molar-refractivity contribution in [1.29, 1.82) is 0 Å². The number of benzene rings is 2. The molecule has 5 heteroatoms. The maximum Gasteiger partial charge on any atom is 0.273 e. The van der Waals surface area contributed by atoms with Gasteiger partial charge in [0.2, 0.25) is 5.72 Å². The first-order valence-corrected chi connectivity index (χ1v) is 9.01. The highest BCUT2D eigenvalue weighted by Gasteiger charge is 2.63. The summed E-state index contributed by atoms with van der Waals surface area (Å²) in [6, 6.07) is 13.4. The van der Waals surface area contributed by atoms with Gasteiger partial charge in [-0.15, -0.1) is 0 Å². The van der Waals surface area contributed by atoms with Crippen LogP contribution in [0.4, 0.5) is 11.4 Å². The molecule has 3 aliphatic rings. The molecule has 0 saturated carbocycles. The van der Waals surface area contributed by atoms with Crippen LogP contribution in [0.15, 0.2) is 48.0 Å². The monoisotopic (exact) mass is 348 g/mol. The van der Waals surface area contributed by atoms with E-state index < -0.39 is 5.72 Å². The number of piperidine rings is 1. The molecule has 0 N–H and O–H groups in total. The average molecular weight is 348 g/mol. The molecule has 3 heterocycles. The number of fused-ring (bicyclic) bond motifs is 3. The third kappa shape index (κ3) is 1.70. The highest BCUT2D eigenvalue weighted by Crippen LogP contribution is 2.59. The van der Waals surface area contributed by atoms with Gasteiger partial charge in [0.25, 0.3) is 5.69 Å². The molecule has 1 spiro atoms. The number of rotatable bonds is 1. The second-order valence-electron chi connectivity index (χ2n) is 7.79. The van der Waals surface area contributed by atoms with Crippen LogP contribution < -0.4 is 9.64 Å². The number of nitrogens with zero attached hydrogens (tertiary/aromatic N) is 2. The summed E-state index contributed by atoms with van der Waals surface area (Å²) >= 11 is 0. The van der Waals surface area contributed by atoms with Gasteiger partial charge in [-0.25, -0.2) is 0 Å². The molecule has 5 nitrogen and oxygen atoms in total. The van der Waals surface area contributed by atoms with Crippen molar-refractivity contribution in [2.75, 3.05) is 11.4 Å². The number of anilines is 1. The van der Waals surface area contributed by atoms with Gasteiger partial charge in [-0.3, -0.25) is 10.1 Å². The van der Waals surface area contributed by atoms with Gasteiger partial charge < -0.3 is 9.64 Å². The summed E-state index contributed by atoms with van der Waals surface area (Å²) in [5.41, 5.74) is 3.83. The quantitative estimate of drug-likeness (QED) is 0.556. The van der Waals surface area contributed by atoms with Gasteiger partial charge in [0.1, 0.15) is 5.75 Å². The Morgan fingerprint density at radius 2 is 2.00 bits per heavy atom. The minimum atomic E-state index is -0.614. The van der Waals surface area contributed by atoms with Gasteiger partial charge in [0.05, 0.1) is 16.4 Å². The number of hydrogen-bond acceptors (Lipinski definition) is 4. The van der Waals surface area contributed by atoms with Crippen LogP contribution in [-0.2, 0) is 5.41 Å². The van der Waals surface area contributed by atoms with E-state index in [0.29, 0.717) is 5.75 Å². The molecule has 2 aromatic carbocycles. The minimum Gasteiger partial charge on any atom is -0.462 e. The summed E-state index contributed by atoms with van der Waals surface area (Å²) < 4.78 is 6.69. The van der Waals surface area contributed by atoms with Crippen molar-refractivity contribution in [2.24, 2.45) is 0 Å². The number of para-hydroxylation sites is 1. The van der Waals surface area contributed by atoms with Gasteiger partial charge in [-0.05, 0) is 56.0 Å². The molecule has 0 amide bonds. The SMILES string of the molecule is CC1(C)c2ccccc2N2CCCC3=Cc4ccc([N+](=O)[O-])cc4OC321. The standard InChI is InChI=1S/C21H20N2O3/c1-20(2)17-7-3-4-8-18(17)22-11-5-6-15-12-14-9-10-16(23(24)25)13-19(14)26-21(15,20)22/h3-4,7-10,12-13H,5-6,11H2,1-2H3. The number of hydrogen-bond donors (Lipinski definition) is 0. The van der Waals surface area contributed by atoms with E-state index in [-0.39, 0.29) is 16.0 Å². The minimum absolute atomic E-state index is 0.0627. The molecule has 3 aliphatic heterocycles. The first-order valence-electron chi connectivity index (χ1n) is 9.01. The molecule has 0 aliphatic carbocycles. The zero-order chi connectivity index (χ0) is 18.1. The molecule has 1 saturated heterocycles. The predicted octanol–water partition coefficient (Wildman–Crippen LogP) is 4.66. The maximum atomic E-state index is 11.2. The summed E-state index contributed by atoms with van der Waals surface area (Å²) in [5.74, 6) is 0.593. The molecule has 0 aromatic heterocycles. The number of nitro benzene ring substituents is 1. The Bertz CT molecular complexity index is 979. The predicted molar refractivity (Wildman–Crippen MR) is 100 cm³/mol. The van der Waals surface area contributed by atoms with Crippen molar-refractivity contribution in [1.82, 2.24) is 0 Å². The first kappa shape index (κ1) is 15.4. The lowest BCUT2D eigenvalue weighted by atomic mass is 9.70. The highest BCUT2D eigenvalue weighted by molar-refractivity contribution is 5.76. The van der Waals surface area contributed by atoms with Crippen molar-refractivity contribution in [2.45, 2.75) is 37.8 Å². The van der Waals surface area contributed by atoms with Gasteiger partial charge in [-0.1, -0.05) is 18.2 Å². The van der Waals surface area contributed by atoms with Crippen LogP contribution in [0.3, 0.4) is 0 Å². The van der Waals surface area contributed by atoms with Crippen molar-refractivity contribution < 1.29 is 9.66 Å². The third-order valence-corrected chi connectivity index (χ3v) is 6.15. The Hall–Kier alpha value is -2.82. The second kappa shape index (κ2) is 4.87. The molecular weight excluding hydrogens is 328 g/mol. The number of non-ortho nitro benzene ring substituents is 1. The van der Waals surface area contributed by atoms with E-state index in [1.54, 1.807) is 18.2 Å². The fraction of sp³-hybridized carbons (Fsp3) is 0.333. The number of nitro groups is 1. The average Bonchev–Trinajstić information content (AvgIpc) is 2.83. The Morgan fingerprint density at radius 1 is 1.19 bits per heavy atom. The highest BCUT2D eigenvalue weighted by atomic mass is 16.6. The van der Waals surface area contributed by atoms with E-state index in [2.05, 4.69) is 49.1 Å². The Morgan fingerprint density at radius 3 is 2.81 bits per heavy atom. The van der Waals surface area contributed by atoms with Crippen LogP contribution in [0.5, 0.6) is 5.75 Å². The van der Waals surface area contributed by atoms with E-state index in [1.807, 2.05) is 0 Å². The Balaban J connectivity index is 1.75. The molecule has 1 fully saturated rings. The largest absolute Gasteiger partial charge is 0.462 e. The molecule has 0 radical (unpaired) electrons. The fourth-order valence-electron chi connectivity index (χ4n) is 4.99. The van der Waals surface area contributed by atoms with E-state index in [1.165, 1.54) is 16.8 Å². The fourth-order valence-corrected chi connectivity index (χ4v) is 4.99. The summed E-state index contributed by atoms with van der Waals surface area (Å²) in [6.07, 6.45) is 4.23. The molecule has 0 bridgehead atoms. The lowest BCUT2D eigenvalue weighted by Crippen LogP contribution is -2.64. The van der Waals surface area contributed by atoms with Gasteiger partial charge >= 0.3 is 0 Å². The summed E-state index contributed by atoms with van der Waals surface area (Å²) in [5, 5.41) is 11.2. The Labute approximate surface area is 152 Å². The van der Waals surface area contributed by atoms with Gasteiger partial charge in [0.15, 0.2) is 0 Å². The molecule has 132 valence electrons. The van der Waals surface area contributed by atoms with Crippen LogP contribution in [0.2, 0.25) is 0 Å². The van der Waals surface area contributed by atoms with E-state index in [0.717, 1.165) is 24.9 Å². The smallest absolute Gasteiger partial charge is 0.273 e. The molecular formula is C21H20N2O3. The normalized spacial score (nSPS) is 24.5. The van der Waals surface area contributed by atoms with E-state index >= 15 is 0 Å². The zero-order valence-corrected chi connectivity index (χ0v) is 14.9. The van der Waals surface area contributed by atoms with Gasteiger partial charge in [-0.2, -0.15) is 0 Å². The molecule has 26 heavy (non-hydrogen) atoms. The van der Waals surface area contributed by atoms with Crippen molar-refractivity contribution in [3.05, 3.63) is 69.3 Å². The second-order valence-corrected chi connectivity index (χ2v) is 7.79. The third-order valence-electron chi connectivity index (χ3n) is 6.15. The van der Waals surface area contributed by atoms with Crippen molar-refractivity contribution >= 4 is 17.5 Å². The number of ether oxygens (including phenoxy) is 1. The lowest BCUT2D eigenvalue weighted by molar-refractivity contribution is -0.385. The van der Waals surface area contributed by atoms with E-state index in [4.69, 9.17) is 4.74 Å². The Kier molecular flexibility index (Phi) is 2.89. The molecule has 1 atom stereocenters. The maximum absolute atomic E-state index is 11.2. The van der Waals surface area contributed by atoms with Crippen LogP contribution in [0.1, 0.15) is 37.8 Å². The summed E-state index contributed by atoms with van der Waals surface area (Å²) in [4.78, 5) is 13.2.